The van der Waals surface area contributed by atoms with Crippen molar-refractivity contribution in [2.45, 2.75) is 32.4 Å². The highest BCUT2D eigenvalue weighted by Gasteiger charge is 2.20. The summed E-state index contributed by atoms with van der Waals surface area (Å²) in [6.07, 6.45) is 2.27. The van der Waals surface area contributed by atoms with Gasteiger partial charge in [-0.15, -0.1) is 24.0 Å². The maximum Gasteiger partial charge on any atom is 0.191 e. The van der Waals surface area contributed by atoms with Crippen molar-refractivity contribution in [1.82, 2.24) is 10.6 Å². The molecule has 0 aromatic heterocycles. The van der Waals surface area contributed by atoms with Crippen molar-refractivity contribution in [2.75, 3.05) is 31.6 Å². The number of guanidine groups is 1. The third-order valence-electron chi connectivity index (χ3n) is 4.89. The molecule has 158 valence electrons. The molecule has 0 saturated carbocycles. The van der Waals surface area contributed by atoms with Crippen molar-refractivity contribution < 1.29 is 9.84 Å². The molecule has 0 spiro atoms. The minimum Gasteiger partial charge on any atom is -0.504 e. The zero-order valence-electron chi connectivity index (χ0n) is 17.1. The molecule has 1 atom stereocenters. The molecule has 1 fully saturated rings. The van der Waals surface area contributed by atoms with E-state index in [9.17, 15) is 5.11 Å². The Morgan fingerprint density at radius 2 is 2.03 bits per heavy atom. The van der Waals surface area contributed by atoms with Crippen LogP contribution in [0.1, 0.15) is 25.3 Å². The normalized spacial score (nSPS) is 16.7. The van der Waals surface area contributed by atoms with Gasteiger partial charge in [0, 0.05) is 31.4 Å². The first-order valence-corrected chi connectivity index (χ1v) is 9.90. The number of methoxy groups -OCH3 is 1. The molecule has 1 unspecified atom stereocenters. The summed E-state index contributed by atoms with van der Waals surface area (Å²) in [5, 5.41) is 16.8. The lowest BCUT2D eigenvalue weighted by molar-refractivity contribution is 0.373. The van der Waals surface area contributed by atoms with Gasteiger partial charge in [0.05, 0.1) is 13.7 Å². The van der Waals surface area contributed by atoms with Crippen LogP contribution in [0.3, 0.4) is 0 Å². The van der Waals surface area contributed by atoms with Gasteiger partial charge in [-0.3, -0.25) is 0 Å². The number of hydrogen-bond acceptors (Lipinski definition) is 4. The number of aromatic hydroxyl groups is 1. The lowest BCUT2D eigenvalue weighted by Crippen LogP contribution is -2.51. The molecule has 0 aliphatic carbocycles. The van der Waals surface area contributed by atoms with E-state index in [4.69, 9.17) is 9.73 Å². The molecule has 7 heteroatoms. The first kappa shape index (κ1) is 23.1. The van der Waals surface area contributed by atoms with Crippen molar-refractivity contribution in [1.29, 1.82) is 0 Å². The minimum absolute atomic E-state index is 0. The smallest absolute Gasteiger partial charge is 0.191 e. The standard InChI is InChI=1S/C22H30N4O2.HI/c1-3-23-22(24-15-17-11-12-21(28-2)20(27)14-17)25-18-8-7-13-26(16-18)19-9-5-4-6-10-19;/h4-6,9-12,14,18,27H,3,7-8,13,15-16H2,1-2H3,(H2,23,24,25);1H. The third-order valence-corrected chi connectivity index (χ3v) is 4.89. The number of nitrogens with one attached hydrogen (secondary N) is 2. The van der Waals surface area contributed by atoms with E-state index in [-0.39, 0.29) is 29.7 Å². The Labute approximate surface area is 190 Å². The maximum atomic E-state index is 9.95. The van der Waals surface area contributed by atoms with Crippen molar-refractivity contribution in [2.24, 2.45) is 4.99 Å². The number of anilines is 1. The van der Waals surface area contributed by atoms with Gasteiger partial charge < -0.3 is 25.4 Å². The fourth-order valence-corrected chi connectivity index (χ4v) is 3.49. The predicted octanol–water partition coefficient (Wildman–Crippen LogP) is 3.74. The molecule has 29 heavy (non-hydrogen) atoms. The molecular weight excluding hydrogens is 479 g/mol. The predicted molar refractivity (Wildman–Crippen MR) is 130 cm³/mol. The van der Waals surface area contributed by atoms with Crippen LogP contribution >= 0.6 is 24.0 Å². The van der Waals surface area contributed by atoms with E-state index >= 15 is 0 Å². The van der Waals surface area contributed by atoms with Crippen molar-refractivity contribution in [3.05, 3.63) is 54.1 Å². The summed E-state index contributed by atoms with van der Waals surface area (Å²) in [4.78, 5) is 7.12. The molecule has 2 aromatic carbocycles. The molecule has 6 nitrogen and oxygen atoms in total. The fourth-order valence-electron chi connectivity index (χ4n) is 3.49. The summed E-state index contributed by atoms with van der Waals surface area (Å²) in [5.74, 6) is 1.41. The summed E-state index contributed by atoms with van der Waals surface area (Å²) in [7, 11) is 1.54. The number of para-hydroxylation sites is 1. The monoisotopic (exact) mass is 510 g/mol. The van der Waals surface area contributed by atoms with Crippen molar-refractivity contribution >= 4 is 35.6 Å². The number of ether oxygens (including phenoxy) is 1. The van der Waals surface area contributed by atoms with Crippen LogP contribution in [0.25, 0.3) is 0 Å². The molecule has 1 saturated heterocycles. The van der Waals surface area contributed by atoms with Crippen LogP contribution in [-0.2, 0) is 6.54 Å². The Bertz CT molecular complexity index is 786. The summed E-state index contributed by atoms with van der Waals surface area (Å²) >= 11 is 0. The van der Waals surface area contributed by atoms with E-state index < -0.39 is 0 Å². The summed E-state index contributed by atoms with van der Waals surface area (Å²) < 4.78 is 5.10. The van der Waals surface area contributed by atoms with Crippen LogP contribution in [0.5, 0.6) is 11.5 Å². The van der Waals surface area contributed by atoms with Crippen LogP contribution < -0.4 is 20.3 Å². The number of phenols is 1. The third kappa shape index (κ3) is 6.69. The van der Waals surface area contributed by atoms with Gasteiger partial charge in [-0.25, -0.2) is 4.99 Å². The molecule has 1 aliphatic rings. The van der Waals surface area contributed by atoms with Gasteiger partial charge in [0.25, 0.3) is 0 Å². The van der Waals surface area contributed by atoms with E-state index in [0.29, 0.717) is 18.3 Å². The van der Waals surface area contributed by atoms with Crippen LogP contribution in [-0.4, -0.2) is 43.9 Å². The van der Waals surface area contributed by atoms with Crippen LogP contribution in [0.15, 0.2) is 53.5 Å². The average Bonchev–Trinajstić information content (AvgIpc) is 2.73. The van der Waals surface area contributed by atoms with Gasteiger partial charge in [0.2, 0.25) is 0 Å². The molecule has 3 N–H and O–H groups in total. The first-order chi connectivity index (χ1) is 13.7. The Hall–Kier alpha value is -2.16. The van der Waals surface area contributed by atoms with Gasteiger partial charge >= 0.3 is 0 Å². The number of benzene rings is 2. The molecular formula is C22H31IN4O2. The van der Waals surface area contributed by atoms with E-state index in [1.165, 1.54) is 5.69 Å². The molecule has 0 amide bonds. The Morgan fingerprint density at radius 1 is 1.24 bits per heavy atom. The van der Waals surface area contributed by atoms with Gasteiger partial charge in [0.1, 0.15) is 0 Å². The molecule has 3 rings (SSSR count). The molecule has 1 aliphatic heterocycles. The molecule has 1 heterocycles. The quantitative estimate of drug-likeness (QED) is 0.314. The zero-order chi connectivity index (χ0) is 19.8. The zero-order valence-corrected chi connectivity index (χ0v) is 19.4. The molecule has 0 bridgehead atoms. The number of nitrogens with zero attached hydrogens (tertiary/aromatic N) is 2. The Balaban J connectivity index is 0.00000300. The second kappa shape index (κ2) is 11.7. The van der Waals surface area contributed by atoms with E-state index in [1.807, 2.05) is 6.07 Å². The number of aliphatic imine (C=N–C) groups is 1. The second-order valence-electron chi connectivity index (χ2n) is 6.97. The fraction of sp³-hybridized carbons (Fsp3) is 0.409. The second-order valence-corrected chi connectivity index (χ2v) is 6.97. The molecule has 2 aromatic rings. The minimum atomic E-state index is 0. The van der Waals surface area contributed by atoms with Crippen molar-refractivity contribution in [3.8, 4) is 11.5 Å². The SMILES string of the molecule is CCNC(=NCc1ccc(OC)c(O)c1)NC1CCCN(c2ccccc2)C1.I. The van der Waals surface area contributed by atoms with E-state index in [2.05, 4.69) is 52.8 Å². The summed E-state index contributed by atoms with van der Waals surface area (Å²) in [6.45, 7) is 5.39. The lowest BCUT2D eigenvalue weighted by atomic mass is 10.1. The summed E-state index contributed by atoms with van der Waals surface area (Å²) in [6, 6.07) is 16.3. The van der Waals surface area contributed by atoms with E-state index in [1.54, 1.807) is 19.2 Å². The van der Waals surface area contributed by atoms with E-state index in [0.717, 1.165) is 44.0 Å². The average molecular weight is 510 g/mol. The number of hydrogen-bond donors (Lipinski definition) is 3. The largest absolute Gasteiger partial charge is 0.504 e. The van der Waals surface area contributed by atoms with Gasteiger partial charge in [-0.05, 0) is 49.6 Å². The topological polar surface area (TPSA) is 69.1 Å². The Morgan fingerprint density at radius 3 is 2.72 bits per heavy atom. The summed E-state index contributed by atoms with van der Waals surface area (Å²) in [5.41, 5.74) is 2.20. The highest BCUT2D eigenvalue weighted by atomic mass is 127. The maximum absolute atomic E-state index is 9.95. The van der Waals surface area contributed by atoms with Crippen LogP contribution in [0.4, 0.5) is 5.69 Å². The Kier molecular flexibility index (Phi) is 9.37. The first-order valence-electron chi connectivity index (χ1n) is 9.90. The molecule has 0 radical (unpaired) electrons. The highest BCUT2D eigenvalue weighted by molar-refractivity contribution is 14.0. The van der Waals surface area contributed by atoms with Crippen molar-refractivity contribution in [3.63, 3.8) is 0 Å². The van der Waals surface area contributed by atoms with Gasteiger partial charge in [-0.1, -0.05) is 24.3 Å². The van der Waals surface area contributed by atoms with Gasteiger partial charge in [0.15, 0.2) is 17.5 Å². The number of piperidine rings is 1. The van der Waals surface area contributed by atoms with Crippen LogP contribution in [0.2, 0.25) is 0 Å². The number of phenolic OH excluding ortho intramolecular Hbond substituents is 1. The number of rotatable bonds is 6. The lowest BCUT2D eigenvalue weighted by Gasteiger charge is -2.35. The van der Waals surface area contributed by atoms with Crippen LogP contribution in [0, 0.1) is 0 Å². The highest BCUT2D eigenvalue weighted by Crippen LogP contribution is 2.26. The number of halogens is 1. The van der Waals surface area contributed by atoms with Gasteiger partial charge in [-0.2, -0.15) is 0 Å².